The van der Waals surface area contributed by atoms with E-state index < -0.39 is 11.9 Å². The summed E-state index contributed by atoms with van der Waals surface area (Å²) in [6.45, 7) is 6.98. The maximum absolute atomic E-state index is 15.0. The number of nitrogens with one attached hydrogen (secondary N) is 2. The largest absolute Gasteiger partial charge is 0.477 e. The van der Waals surface area contributed by atoms with E-state index in [-0.39, 0.29) is 31.8 Å². The van der Waals surface area contributed by atoms with E-state index in [4.69, 9.17) is 4.74 Å². The first-order valence-electron chi connectivity index (χ1n) is 10.7. The first-order valence-corrected chi connectivity index (χ1v) is 10.7. The van der Waals surface area contributed by atoms with Gasteiger partial charge >= 0.3 is 0 Å². The number of amides is 2. The summed E-state index contributed by atoms with van der Waals surface area (Å²) in [6.07, 6.45) is 1.36. The van der Waals surface area contributed by atoms with Crippen LogP contribution in [0.3, 0.4) is 0 Å². The van der Waals surface area contributed by atoms with Crippen LogP contribution in [0.1, 0.15) is 38.1 Å². The number of aryl methyl sites for hydroxylation is 1. The van der Waals surface area contributed by atoms with Crippen molar-refractivity contribution in [3.05, 3.63) is 41.2 Å². The van der Waals surface area contributed by atoms with Gasteiger partial charge in [0.25, 0.3) is 11.8 Å². The van der Waals surface area contributed by atoms with E-state index in [1.165, 1.54) is 6.20 Å². The van der Waals surface area contributed by atoms with Gasteiger partial charge in [0.1, 0.15) is 11.4 Å². The molecule has 10 heteroatoms. The number of carbonyl (C=O) groups is 2. The average Bonchev–Trinajstić information content (AvgIpc) is 2.81. The van der Waals surface area contributed by atoms with E-state index in [0.717, 1.165) is 37.6 Å². The molecule has 1 fully saturated rings. The van der Waals surface area contributed by atoms with Crippen LogP contribution >= 0.6 is 0 Å². The Kier molecular flexibility index (Phi) is 6.22. The molecule has 2 aliphatic rings. The second-order valence-corrected chi connectivity index (χ2v) is 7.91. The number of aromatic nitrogens is 2. The summed E-state index contributed by atoms with van der Waals surface area (Å²) < 4.78 is 20.6. The van der Waals surface area contributed by atoms with Crippen LogP contribution in [0, 0.1) is 12.7 Å². The predicted molar refractivity (Wildman–Crippen MR) is 122 cm³/mol. The fourth-order valence-electron chi connectivity index (χ4n) is 4.01. The molecule has 4 rings (SSSR count). The minimum absolute atomic E-state index is 0. The van der Waals surface area contributed by atoms with Crippen LogP contribution in [0.15, 0.2) is 18.3 Å². The zero-order valence-corrected chi connectivity index (χ0v) is 18.4. The number of fused-ring (bicyclic) bond motifs is 1. The van der Waals surface area contributed by atoms with Crippen molar-refractivity contribution in [2.75, 3.05) is 43.4 Å². The number of halogens is 1. The maximum Gasteiger partial charge on any atom is 0.269 e. The van der Waals surface area contributed by atoms with Crippen molar-refractivity contribution in [1.82, 2.24) is 20.2 Å². The molecule has 1 atom stereocenters. The van der Waals surface area contributed by atoms with Crippen LogP contribution in [-0.2, 0) is 11.3 Å². The van der Waals surface area contributed by atoms with Gasteiger partial charge in [-0.2, -0.15) is 0 Å². The summed E-state index contributed by atoms with van der Waals surface area (Å²) in [7, 11) is 1.58. The van der Waals surface area contributed by atoms with E-state index in [9.17, 15) is 9.59 Å². The zero-order valence-electron chi connectivity index (χ0n) is 18.4. The number of hydrogen-bond acceptors (Lipinski definition) is 7. The monoisotopic (exact) mass is 446 g/mol. The molecule has 0 unspecified atom stereocenters. The molecule has 0 radical (unpaired) electrons. The summed E-state index contributed by atoms with van der Waals surface area (Å²) in [6, 6.07) is 3.64. The molecular formula is C22H31FN6O3. The van der Waals surface area contributed by atoms with E-state index >= 15 is 4.39 Å². The third kappa shape index (κ3) is 4.22. The number of rotatable bonds is 5. The molecule has 4 heterocycles. The van der Waals surface area contributed by atoms with Gasteiger partial charge in [0.05, 0.1) is 23.3 Å². The van der Waals surface area contributed by atoms with Crippen molar-refractivity contribution in [1.29, 1.82) is 0 Å². The minimum atomic E-state index is -0.619. The standard InChI is InChI=1S/C22H27FN6O3.2H2/c1-4-17-22(31)27-20-18(32-17)11-25-15(19(20)23)12-28-7-9-29(10-8-28)16-6-5-14(21(30)24-3)26-13(16)2;;/h5-6,11,17H,4,7-10,12H2,1-3H3,(H,24,30)(H,27,31);2*1H/t17-;;/m1../s1. The van der Waals surface area contributed by atoms with Crippen LogP contribution in [0.2, 0.25) is 0 Å². The average molecular weight is 447 g/mol. The quantitative estimate of drug-likeness (QED) is 0.726. The van der Waals surface area contributed by atoms with Crippen molar-refractivity contribution in [2.45, 2.75) is 32.9 Å². The van der Waals surface area contributed by atoms with Crippen molar-refractivity contribution in [3.63, 3.8) is 0 Å². The molecule has 2 amide bonds. The van der Waals surface area contributed by atoms with Crippen molar-refractivity contribution >= 4 is 23.2 Å². The van der Waals surface area contributed by atoms with Gasteiger partial charge in [-0.05, 0) is 25.5 Å². The second kappa shape index (κ2) is 9.07. The van der Waals surface area contributed by atoms with Gasteiger partial charge in [-0.1, -0.05) is 6.92 Å². The summed E-state index contributed by atoms with van der Waals surface area (Å²) in [5, 5.41) is 5.20. The normalized spacial score (nSPS) is 18.6. The van der Waals surface area contributed by atoms with Gasteiger partial charge in [0.15, 0.2) is 17.7 Å². The molecule has 32 heavy (non-hydrogen) atoms. The molecule has 2 aromatic rings. The van der Waals surface area contributed by atoms with Crippen molar-refractivity contribution in [3.8, 4) is 5.75 Å². The Morgan fingerprint density at radius 1 is 1.34 bits per heavy atom. The molecule has 0 aromatic carbocycles. The third-order valence-electron chi connectivity index (χ3n) is 5.84. The summed E-state index contributed by atoms with van der Waals surface area (Å²) >= 11 is 0. The highest BCUT2D eigenvalue weighted by atomic mass is 19.1. The fraction of sp³-hybridized carbons (Fsp3) is 0.455. The van der Waals surface area contributed by atoms with Crippen LogP contribution in [0.5, 0.6) is 5.75 Å². The number of hydrogen-bond donors (Lipinski definition) is 2. The number of anilines is 2. The lowest BCUT2D eigenvalue weighted by molar-refractivity contribution is -0.123. The molecule has 0 spiro atoms. The molecule has 0 saturated carbocycles. The van der Waals surface area contributed by atoms with Gasteiger partial charge in [-0.3, -0.25) is 19.5 Å². The Bertz CT molecular complexity index is 1050. The Morgan fingerprint density at radius 2 is 2.09 bits per heavy atom. The molecular weight excluding hydrogens is 415 g/mol. The van der Waals surface area contributed by atoms with Gasteiger partial charge in [0, 0.05) is 42.6 Å². The molecule has 1 saturated heterocycles. The van der Waals surface area contributed by atoms with E-state index in [2.05, 4.69) is 30.4 Å². The number of pyridine rings is 2. The molecule has 174 valence electrons. The van der Waals surface area contributed by atoms with Gasteiger partial charge in [0.2, 0.25) is 0 Å². The summed E-state index contributed by atoms with van der Waals surface area (Å²) in [5.41, 5.74) is 2.52. The predicted octanol–water partition coefficient (Wildman–Crippen LogP) is 2.21. The Hall–Kier alpha value is -3.27. The van der Waals surface area contributed by atoms with Gasteiger partial charge < -0.3 is 20.3 Å². The fourth-order valence-corrected chi connectivity index (χ4v) is 4.01. The zero-order chi connectivity index (χ0) is 22.8. The third-order valence-corrected chi connectivity index (χ3v) is 5.84. The highest BCUT2D eigenvalue weighted by Crippen LogP contribution is 2.33. The van der Waals surface area contributed by atoms with E-state index in [0.29, 0.717) is 18.7 Å². The lowest BCUT2D eigenvalue weighted by atomic mass is 10.1. The van der Waals surface area contributed by atoms with E-state index in [1.54, 1.807) is 13.1 Å². The molecule has 0 bridgehead atoms. The molecule has 2 aliphatic heterocycles. The Morgan fingerprint density at radius 3 is 2.75 bits per heavy atom. The summed E-state index contributed by atoms with van der Waals surface area (Å²) in [4.78, 5) is 36.8. The topological polar surface area (TPSA) is 99.7 Å². The van der Waals surface area contributed by atoms with E-state index in [1.807, 2.05) is 19.9 Å². The highest BCUT2D eigenvalue weighted by Gasteiger charge is 2.30. The lowest BCUT2D eigenvalue weighted by Gasteiger charge is -2.36. The summed E-state index contributed by atoms with van der Waals surface area (Å²) in [5.74, 6) is -0.824. The molecule has 2 aromatic heterocycles. The molecule has 2 N–H and O–H groups in total. The van der Waals surface area contributed by atoms with Gasteiger partial charge in [-0.25, -0.2) is 9.37 Å². The first-order chi connectivity index (χ1) is 15.4. The second-order valence-electron chi connectivity index (χ2n) is 7.91. The lowest BCUT2D eigenvalue weighted by Crippen LogP contribution is -2.46. The Balaban J connectivity index is 0.00000204. The smallest absolute Gasteiger partial charge is 0.269 e. The minimum Gasteiger partial charge on any atom is -0.477 e. The molecule has 9 nitrogen and oxygen atoms in total. The molecule has 0 aliphatic carbocycles. The van der Waals surface area contributed by atoms with Crippen LogP contribution in [-0.4, -0.2) is 66.0 Å². The number of carbonyl (C=O) groups excluding carboxylic acids is 2. The maximum atomic E-state index is 15.0. The van der Waals surface area contributed by atoms with Crippen LogP contribution in [0.25, 0.3) is 0 Å². The number of nitrogens with zero attached hydrogens (tertiary/aromatic N) is 4. The SMILES string of the molecule is CC[C@H]1Oc2cnc(CN3CCN(c4ccc(C(=O)NC)nc4C)CC3)c(F)c2NC1=O.[HH].[HH]. The Labute approximate surface area is 188 Å². The number of piperazine rings is 1. The first kappa shape index (κ1) is 21.9. The van der Waals surface area contributed by atoms with Crippen molar-refractivity contribution < 1.29 is 21.6 Å². The van der Waals surface area contributed by atoms with Gasteiger partial charge in [-0.15, -0.1) is 0 Å². The van der Waals surface area contributed by atoms with Crippen LogP contribution in [0.4, 0.5) is 15.8 Å². The van der Waals surface area contributed by atoms with Crippen molar-refractivity contribution in [2.24, 2.45) is 0 Å². The number of ether oxygens (including phenoxy) is 1. The van der Waals surface area contributed by atoms with Crippen LogP contribution < -0.4 is 20.3 Å². The highest BCUT2D eigenvalue weighted by molar-refractivity contribution is 5.97.